The van der Waals surface area contributed by atoms with E-state index in [1.807, 2.05) is 13.8 Å². The number of carbonyl (C=O) groups excluding carboxylic acids is 2. The second kappa shape index (κ2) is 5.79. The van der Waals surface area contributed by atoms with Gasteiger partial charge in [-0.05, 0) is 26.7 Å². The predicted octanol–water partition coefficient (Wildman–Crippen LogP) is 2.59. The van der Waals surface area contributed by atoms with Crippen LogP contribution in [0.15, 0.2) is 46.8 Å². The maximum absolute atomic E-state index is 12.9. The second-order valence-electron chi connectivity index (χ2n) is 5.47. The maximum atomic E-state index is 12.9. The minimum Gasteiger partial charge on any atom is -0.388 e. The summed E-state index contributed by atoms with van der Waals surface area (Å²) in [5.74, 6) is -0.0903. The lowest BCUT2D eigenvalue weighted by Gasteiger charge is -2.29. The van der Waals surface area contributed by atoms with Gasteiger partial charge in [-0.3, -0.25) is 9.59 Å². The molecule has 0 aliphatic heterocycles. The van der Waals surface area contributed by atoms with Crippen LogP contribution in [0.2, 0.25) is 0 Å². The number of nitrogens with one attached hydrogen (secondary N) is 2. The third-order valence-corrected chi connectivity index (χ3v) is 4.13. The van der Waals surface area contributed by atoms with Crippen LogP contribution in [0.3, 0.4) is 0 Å². The summed E-state index contributed by atoms with van der Waals surface area (Å²) < 4.78 is 0. The van der Waals surface area contributed by atoms with Crippen molar-refractivity contribution in [2.24, 2.45) is 0 Å². The minimum absolute atomic E-state index is 0.0451. The number of allylic oxidation sites excluding steroid dienone is 4. The van der Waals surface area contributed by atoms with Gasteiger partial charge in [-0.2, -0.15) is 0 Å². The first-order valence-electron chi connectivity index (χ1n) is 7.81. The van der Waals surface area contributed by atoms with Crippen LogP contribution in [0.4, 0.5) is 0 Å². The van der Waals surface area contributed by atoms with Crippen molar-refractivity contribution in [3.63, 3.8) is 0 Å². The molecule has 0 saturated carbocycles. The molecule has 0 atom stereocenters. The number of fused-ring (bicyclic) bond motifs is 2. The molecule has 2 aliphatic rings. The van der Waals surface area contributed by atoms with Crippen molar-refractivity contribution < 1.29 is 9.59 Å². The van der Waals surface area contributed by atoms with E-state index in [1.54, 1.807) is 24.3 Å². The molecule has 1 aromatic rings. The van der Waals surface area contributed by atoms with Crippen molar-refractivity contribution in [1.29, 1.82) is 0 Å². The monoisotopic (exact) mass is 296 g/mol. The molecule has 0 radical (unpaired) electrons. The number of hydrogen-bond acceptors (Lipinski definition) is 4. The Hall–Kier alpha value is -2.36. The Morgan fingerprint density at radius 2 is 1.23 bits per heavy atom. The highest BCUT2D eigenvalue weighted by Gasteiger charge is 2.38. The van der Waals surface area contributed by atoms with Crippen molar-refractivity contribution in [3.8, 4) is 0 Å². The van der Waals surface area contributed by atoms with Crippen LogP contribution in [0.1, 0.15) is 47.4 Å². The topological polar surface area (TPSA) is 58.2 Å². The van der Waals surface area contributed by atoms with Crippen molar-refractivity contribution in [3.05, 3.63) is 57.9 Å². The van der Waals surface area contributed by atoms with Gasteiger partial charge in [0.2, 0.25) is 0 Å². The van der Waals surface area contributed by atoms with Gasteiger partial charge in [0.15, 0.2) is 11.6 Å². The van der Waals surface area contributed by atoms with E-state index in [9.17, 15) is 9.59 Å². The average molecular weight is 296 g/mol. The van der Waals surface area contributed by atoms with Crippen molar-refractivity contribution in [2.45, 2.75) is 26.7 Å². The molecule has 0 bridgehead atoms. The van der Waals surface area contributed by atoms with Gasteiger partial charge in [0.25, 0.3) is 0 Å². The lowest BCUT2D eigenvalue weighted by Crippen LogP contribution is -2.33. The highest BCUT2D eigenvalue weighted by molar-refractivity contribution is 6.31. The van der Waals surface area contributed by atoms with Crippen LogP contribution in [-0.2, 0) is 0 Å². The number of carbonyl (C=O) groups is 2. The summed E-state index contributed by atoms with van der Waals surface area (Å²) in [7, 11) is 0. The molecule has 3 rings (SSSR count). The zero-order valence-corrected chi connectivity index (χ0v) is 13.0. The molecular weight excluding hydrogens is 276 g/mol. The van der Waals surface area contributed by atoms with E-state index in [2.05, 4.69) is 10.6 Å². The first-order chi connectivity index (χ1) is 10.7. The van der Waals surface area contributed by atoms with E-state index in [-0.39, 0.29) is 11.6 Å². The smallest absolute Gasteiger partial charge is 0.196 e. The Morgan fingerprint density at radius 3 is 1.59 bits per heavy atom. The fourth-order valence-corrected chi connectivity index (χ4v) is 3.23. The largest absolute Gasteiger partial charge is 0.388 e. The summed E-state index contributed by atoms with van der Waals surface area (Å²) in [6.07, 6.45) is 1.52. The molecule has 0 unspecified atom stereocenters. The van der Waals surface area contributed by atoms with Crippen LogP contribution < -0.4 is 10.6 Å². The number of hydrogen-bond donors (Lipinski definition) is 2. The molecule has 0 amide bonds. The fourth-order valence-electron chi connectivity index (χ4n) is 3.23. The number of rotatable bonds is 4. The summed E-state index contributed by atoms with van der Waals surface area (Å²) in [5.41, 5.74) is 3.94. The number of ketones is 2. The zero-order chi connectivity index (χ0) is 15.7. The normalized spacial score (nSPS) is 17.4. The van der Waals surface area contributed by atoms with Crippen molar-refractivity contribution >= 4 is 11.6 Å². The Balaban J connectivity index is 2.25. The van der Waals surface area contributed by atoms with Crippen LogP contribution >= 0.6 is 0 Å². The average Bonchev–Trinajstić information content (AvgIpc) is 2.54. The van der Waals surface area contributed by atoms with Gasteiger partial charge < -0.3 is 10.6 Å². The summed E-state index contributed by atoms with van der Waals surface area (Å²) in [6, 6.07) is 7.09. The SMILES string of the molecule is CCNC1=C2C(=O)c3ccccc3C(=O)C2=C(NCC)CC1. The molecule has 0 heterocycles. The first kappa shape index (κ1) is 14.6. The van der Waals surface area contributed by atoms with E-state index in [0.717, 1.165) is 37.3 Å². The van der Waals surface area contributed by atoms with Gasteiger partial charge in [-0.25, -0.2) is 0 Å². The highest BCUT2D eigenvalue weighted by atomic mass is 16.1. The van der Waals surface area contributed by atoms with E-state index >= 15 is 0 Å². The van der Waals surface area contributed by atoms with E-state index in [1.165, 1.54) is 0 Å². The Kier molecular flexibility index (Phi) is 3.84. The van der Waals surface area contributed by atoms with E-state index in [0.29, 0.717) is 22.3 Å². The molecule has 4 heteroatoms. The van der Waals surface area contributed by atoms with Crippen LogP contribution in [0.25, 0.3) is 0 Å². The molecule has 2 aliphatic carbocycles. The van der Waals surface area contributed by atoms with Gasteiger partial charge in [-0.1, -0.05) is 24.3 Å². The molecule has 0 spiro atoms. The molecule has 4 nitrogen and oxygen atoms in total. The summed E-state index contributed by atoms with van der Waals surface area (Å²) in [4.78, 5) is 25.8. The molecule has 0 aromatic heterocycles. The van der Waals surface area contributed by atoms with E-state index in [4.69, 9.17) is 0 Å². The van der Waals surface area contributed by atoms with Crippen LogP contribution in [-0.4, -0.2) is 24.7 Å². The summed E-state index contributed by atoms with van der Waals surface area (Å²) in [6.45, 7) is 5.48. The quantitative estimate of drug-likeness (QED) is 0.896. The minimum atomic E-state index is -0.0451. The zero-order valence-electron chi connectivity index (χ0n) is 13.0. The predicted molar refractivity (Wildman–Crippen MR) is 85.7 cm³/mol. The number of Topliss-reactive ketones (excluding diaryl/α,β-unsaturated/α-hetero) is 2. The molecule has 2 N–H and O–H groups in total. The third-order valence-electron chi connectivity index (χ3n) is 4.13. The van der Waals surface area contributed by atoms with Gasteiger partial charge in [0, 0.05) is 35.6 Å². The highest BCUT2D eigenvalue weighted by Crippen LogP contribution is 2.37. The Bertz CT molecular complexity index is 653. The standard InChI is InChI=1S/C18H20N2O2/c1-3-19-13-9-10-14(20-4-2)16-15(13)17(21)11-7-5-6-8-12(11)18(16)22/h5-8,19-20H,3-4,9-10H2,1-2H3. The van der Waals surface area contributed by atoms with E-state index < -0.39 is 0 Å². The maximum Gasteiger partial charge on any atom is 0.196 e. The van der Waals surface area contributed by atoms with Gasteiger partial charge in [0.05, 0.1) is 11.1 Å². The molecule has 114 valence electrons. The van der Waals surface area contributed by atoms with Gasteiger partial charge in [0.1, 0.15) is 0 Å². The first-order valence-corrected chi connectivity index (χ1v) is 7.81. The molecule has 1 aromatic carbocycles. The Morgan fingerprint density at radius 1 is 0.818 bits per heavy atom. The second-order valence-corrected chi connectivity index (χ2v) is 5.47. The van der Waals surface area contributed by atoms with Crippen LogP contribution in [0, 0.1) is 0 Å². The lowest BCUT2D eigenvalue weighted by molar-refractivity contribution is 0.0968. The molecular formula is C18H20N2O2. The number of benzene rings is 1. The lowest BCUT2D eigenvalue weighted by atomic mass is 9.77. The summed E-state index contributed by atoms with van der Waals surface area (Å²) in [5, 5.41) is 6.55. The molecule has 0 saturated heterocycles. The van der Waals surface area contributed by atoms with Crippen LogP contribution in [0.5, 0.6) is 0 Å². The fraction of sp³-hybridized carbons (Fsp3) is 0.333. The molecule has 0 fully saturated rings. The van der Waals surface area contributed by atoms with Crippen molar-refractivity contribution in [2.75, 3.05) is 13.1 Å². The Labute approximate surface area is 130 Å². The summed E-state index contributed by atoms with van der Waals surface area (Å²) >= 11 is 0. The molecule has 22 heavy (non-hydrogen) atoms. The van der Waals surface area contributed by atoms with Gasteiger partial charge in [-0.15, -0.1) is 0 Å². The third kappa shape index (κ3) is 2.15. The van der Waals surface area contributed by atoms with Gasteiger partial charge >= 0.3 is 0 Å². The van der Waals surface area contributed by atoms with Crippen molar-refractivity contribution in [1.82, 2.24) is 10.6 Å².